The summed E-state index contributed by atoms with van der Waals surface area (Å²) in [5, 5.41) is 0. The Kier molecular flexibility index (Phi) is 4.70. The number of carbonyl (C=O) groups excluding carboxylic acids is 1. The molecule has 3 nitrogen and oxygen atoms in total. The summed E-state index contributed by atoms with van der Waals surface area (Å²) < 4.78 is 45.0. The zero-order valence-electron chi connectivity index (χ0n) is 11.7. The number of benzene rings is 2. The molecule has 0 aliphatic heterocycles. The summed E-state index contributed by atoms with van der Waals surface area (Å²) in [7, 11) is 0. The van der Waals surface area contributed by atoms with Gasteiger partial charge in [-0.25, -0.2) is 4.79 Å². The molecule has 2 rings (SSSR count). The first kappa shape index (κ1) is 15.9. The molecule has 22 heavy (non-hydrogen) atoms. The number of rotatable bonds is 4. The summed E-state index contributed by atoms with van der Waals surface area (Å²) in [6.45, 7) is 2.01. The van der Waals surface area contributed by atoms with Gasteiger partial charge in [-0.2, -0.15) is 0 Å². The van der Waals surface area contributed by atoms with Gasteiger partial charge in [-0.15, -0.1) is 13.2 Å². The van der Waals surface area contributed by atoms with E-state index in [4.69, 9.17) is 4.74 Å². The minimum Gasteiger partial charge on any atom is -0.423 e. The molecule has 6 heteroatoms. The Bertz CT molecular complexity index is 631. The summed E-state index contributed by atoms with van der Waals surface area (Å²) in [5.74, 6) is -0.669. The van der Waals surface area contributed by atoms with Gasteiger partial charge >= 0.3 is 12.3 Å². The van der Waals surface area contributed by atoms with Crippen LogP contribution in [0.4, 0.5) is 13.2 Å². The fourth-order valence-corrected chi connectivity index (χ4v) is 1.75. The Morgan fingerprint density at radius 3 is 2.00 bits per heavy atom. The molecule has 0 radical (unpaired) electrons. The number of ether oxygens (including phenoxy) is 2. The Balaban J connectivity index is 2.03. The Labute approximate surface area is 125 Å². The lowest BCUT2D eigenvalue weighted by molar-refractivity contribution is -0.274. The van der Waals surface area contributed by atoms with Crippen LogP contribution in [0, 0.1) is 0 Å². The maximum Gasteiger partial charge on any atom is 0.573 e. The molecule has 2 aromatic rings. The van der Waals surface area contributed by atoms with Crippen LogP contribution in [0.2, 0.25) is 0 Å². The minimum atomic E-state index is -4.76. The van der Waals surface area contributed by atoms with Gasteiger partial charge in [-0.05, 0) is 48.4 Å². The molecule has 0 unspecified atom stereocenters. The second-order valence-corrected chi connectivity index (χ2v) is 4.46. The predicted molar refractivity (Wildman–Crippen MR) is 73.9 cm³/mol. The van der Waals surface area contributed by atoms with Gasteiger partial charge in [0.2, 0.25) is 0 Å². The first-order valence-electron chi connectivity index (χ1n) is 6.54. The van der Waals surface area contributed by atoms with Crippen LogP contribution in [-0.4, -0.2) is 12.3 Å². The van der Waals surface area contributed by atoms with Crippen LogP contribution in [0.5, 0.6) is 11.5 Å². The van der Waals surface area contributed by atoms with Crippen molar-refractivity contribution in [2.75, 3.05) is 0 Å². The van der Waals surface area contributed by atoms with Gasteiger partial charge in [0.1, 0.15) is 11.5 Å². The van der Waals surface area contributed by atoms with Gasteiger partial charge in [0.15, 0.2) is 0 Å². The van der Waals surface area contributed by atoms with E-state index in [1.807, 2.05) is 19.1 Å². The minimum absolute atomic E-state index is 0.133. The van der Waals surface area contributed by atoms with Crippen LogP contribution in [-0.2, 0) is 6.42 Å². The first-order valence-corrected chi connectivity index (χ1v) is 6.54. The molecule has 0 aromatic heterocycles. The highest BCUT2D eigenvalue weighted by molar-refractivity contribution is 5.91. The molecule has 0 bridgehead atoms. The smallest absolute Gasteiger partial charge is 0.423 e. The van der Waals surface area contributed by atoms with E-state index in [9.17, 15) is 18.0 Å². The van der Waals surface area contributed by atoms with E-state index in [-0.39, 0.29) is 5.56 Å². The second-order valence-electron chi connectivity index (χ2n) is 4.46. The standard InChI is InChI=1S/C16H13F3O3/c1-2-11-3-7-13(8-4-11)21-15(20)12-5-9-14(10-6-12)22-16(17,18)19/h3-10H,2H2,1H3. The number of alkyl halides is 3. The van der Waals surface area contributed by atoms with Gasteiger partial charge in [-0.3, -0.25) is 0 Å². The number of aryl methyl sites for hydroxylation is 1. The lowest BCUT2D eigenvalue weighted by atomic mass is 10.2. The molecule has 116 valence electrons. The maximum atomic E-state index is 12.0. The lowest BCUT2D eigenvalue weighted by Gasteiger charge is -2.09. The molecular weight excluding hydrogens is 297 g/mol. The van der Waals surface area contributed by atoms with E-state index < -0.39 is 18.1 Å². The Hall–Kier alpha value is -2.50. The largest absolute Gasteiger partial charge is 0.573 e. The Morgan fingerprint density at radius 2 is 1.50 bits per heavy atom. The molecule has 2 aromatic carbocycles. The van der Waals surface area contributed by atoms with Crippen molar-refractivity contribution in [1.29, 1.82) is 0 Å². The van der Waals surface area contributed by atoms with E-state index in [0.29, 0.717) is 5.75 Å². The van der Waals surface area contributed by atoms with Gasteiger partial charge in [0.25, 0.3) is 0 Å². The summed E-state index contributed by atoms with van der Waals surface area (Å²) in [5.41, 5.74) is 1.24. The normalized spacial score (nSPS) is 11.1. The topological polar surface area (TPSA) is 35.5 Å². The molecule has 0 aliphatic rings. The molecule has 0 amide bonds. The van der Waals surface area contributed by atoms with Crippen molar-refractivity contribution < 1.29 is 27.4 Å². The average molecular weight is 310 g/mol. The van der Waals surface area contributed by atoms with E-state index in [0.717, 1.165) is 24.1 Å². The van der Waals surface area contributed by atoms with Crippen molar-refractivity contribution in [3.63, 3.8) is 0 Å². The molecule has 0 spiro atoms. The van der Waals surface area contributed by atoms with Crippen molar-refractivity contribution >= 4 is 5.97 Å². The van der Waals surface area contributed by atoms with Crippen LogP contribution in [0.1, 0.15) is 22.8 Å². The summed E-state index contributed by atoms with van der Waals surface area (Å²) in [6.07, 6.45) is -3.89. The van der Waals surface area contributed by atoms with E-state index >= 15 is 0 Å². The lowest BCUT2D eigenvalue weighted by Crippen LogP contribution is -2.17. The molecule has 0 saturated heterocycles. The number of esters is 1. The van der Waals surface area contributed by atoms with Gasteiger partial charge in [0.05, 0.1) is 5.56 Å². The number of carbonyl (C=O) groups is 1. The zero-order chi connectivity index (χ0) is 16.2. The van der Waals surface area contributed by atoms with Gasteiger partial charge < -0.3 is 9.47 Å². The van der Waals surface area contributed by atoms with Crippen LogP contribution >= 0.6 is 0 Å². The van der Waals surface area contributed by atoms with Gasteiger partial charge in [0, 0.05) is 0 Å². The summed E-state index contributed by atoms with van der Waals surface area (Å²) in [6, 6.07) is 11.5. The fourth-order valence-electron chi connectivity index (χ4n) is 1.75. The maximum absolute atomic E-state index is 12.0. The third-order valence-electron chi connectivity index (χ3n) is 2.87. The molecule has 0 fully saturated rings. The zero-order valence-corrected chi connectivity index (χ0v) is 11.7. The molecule has 0 saturated carbocycles. The molecular formula is C16H13F3O3. The molecule has 0 aliphatic carbocycles. The molecule has 0 heterocycles. The highest BCUT2D eigenvalue weighted by Crippen LogP contribution is 2.23. The molecule has 0 N–H and O–H groups in total. The third-order valence-corrected chi connectivity index (χ3v) is 2.87. The van der Waals surface area contributed by atoms with Crippen molar-refractivity contribution in [2.24, 2.45) is 0 Å². The number of halogens is 3. The van der Waals surface area contributed by atoms with Gasteiger partial charge in [-0.1, -0.05) is 19.1 Å². The van der Waals surface area contributed by atoms with E-state index in [1.54, 1.807) is 12.1 Å². The predicted octanol–water partition coefficient (Wildman–Crippen LogP) is 4.37. The van der Waals surface area contributed by atoms with E-state index in [2.05, 4.69) is 4.74 Å². The second kappa shape index (κ2) is 6.51. The van der Waals surface area contributed by atoms with Crippen molar-refractivity contribution in [1.82, 2.24) is 0 Å². The highest BCUT2D eigenvalue weighted by atomic mass is 19.4. The summed E-state index contributed by atoms with van der Waals surface area (Å²) >= 11 is 0. The quantitative estimate of drug-likeness (QED) is 0.621. The average Bonchev–Trinajstić information content (AvgIpc) is 2.47. The SMILES string of the molecule is CCc1ccc(OC(=O)c2ccc(OC(F)(F)F)cc2)cc1. The van der Waals surface area contributed by atoms with Crippen LogP contribution in [0.3, 0.4) is 0 Å². The van der Waals surface area contributed by atoms with Crippen LogP contribution in [0.25, 0.3) is 0 Å². The summed E-state index contributed by atoms with van der Waals surface area (Å²) in [4.78, 5) is 11.9. The van der Waals surface area contributed by atoms with E-state index in [1.165, 1.54) is 12.1 Å². The van der Waals surface area contributed by atoms with Crippen molar-refractivity contribution in [3.05, 3.63) is 59.7 Å². The van der Waals surface area contributed by atoms with Crippen LogP contribution in [0.15, 0.2) is 48.5 Å². The monoisotopic (exact) mass is 310 g/mol. The van der Waals surface area contributed by atoms with Crippen molar-refractivity contribution in [3.8, 4) is 11.5 Å². The highest BCUT2D eigenvalue weighted by Gasteiger charge is 2.31. The van der Waals surface area contributed by atoms with Crippen molar-refractivity contribution in [2.45, 2.75) is 19.7 Å². The fraction of sp³-hybridized carbons (Fsp3) is 0.188. The Morgan fingerprint density at radius 1 is 0.955 bits per heavy atom. The van der Waals surface area contributed by atoms with Crippen LogP contribution < -0.4 is 9.47 Å². The first-order chi connectivity index (χ1) is 10.4. The number of hydrogen-bond acceptors (Lipinski definition) is 3. The number of hydrogen-bond donors (Lipinski definition) is 0. The third kappa shape index (κ3) is 4.51. The molecule has 0 atom stereocenters.